The summed E-state index contributed by atoms with van der Waals surface area (Å²) >= 11 is 0. The predicted molar refractivity (Wildman–Crippen MR) is 102 cm³/mol. The van der Waals surface area contributed by atoms with E-state index in [2.05, 4.69) is 37.2 Å². The molecule has 0 N–H and O–H groups in total. The maximum atomic E-state index is 12.5. The van der Waals surface area contributed by atoms with Crippen molar-refractivity contribution in [3.63, 3.8) is 0 Å². The van der Waals surface area contributed by atoms with Crippen molar-refractivity contribution in [2.75, 3.05) is 45.8 Å². The standard InChI is InChI=1S/C20H29N5O/c1-17-5-8-24(9-6-17)20(26)16-23-12-10-22(11-13-23)14-18-15-25-7-3-2-4-19(25)21-18/h2-4,7,15,17H,5-6,8-14,16H2,1H3. The van der Waals surface area contributed by atoms with Gasteiger partial charge in [0, 0.05) is 58.2 Å². The van der Waals surface area contributed by atoms with Gasteiger partial charge in [-0.25, -0.2) is 4.98 Å². The minimum absolute atomic E-state index is 0.311. The Morgan fingerprint density at radius 1 is 1.08 bits per heavy atom. The molecule has 2 fully saturated rings. The molecule has 140 valence electrons. The van der Waals surface area contributed by atoms with E-state index >= 15 is 0 Å². The van der Waals surface area contributed by atoms with Gasteiger partial charge in [-0.3, -0.25) is 14.6 Å². The third kappa shape index (κ3) is 4.07. The normalized spacial score (nSPS) is 20.7. The van der Waals surface area contributed by atoms with Gasteiger partial charge in [0.1, 0.15) is 5.65 Å². The van der Waals surface area contributed by atoms with Crippen LogP contribution in [0.25, 0.3) is 5.65 Å². The molecule has 4 rings (SSSR count). The number of hydrogen-bond donors (Lipinski definition) is 0. The molecule has 4 heterocycles. The highest BCUT2D eigenvalue weighted by atomic mass is 16.2. The number of hydrogen-bond acceptors (Lipinski definition) is 4. The van der Waals surface area contributed by atoms with Crippen molar-refractivity contribution < 1.29 is 4.79 Å². The molecule has 0 unspecified atom stereocenters. The summed E-state index contributed by atoms with van der Waals surface area (Å²) in [5.41, 5.74) is 2.12. The Bertz CT molecular complexity index is 708. The molecule has 2 aromatic rings. The molecule has 0 bridgehead atoms. The van der Waals surface area contributed by atoms with Crippen molar-refractivity contribution in [1.29, 1.82) is 0 Å². The monoisotopic (exact) mass is 355 g/mol. The molecule has 2 saturated heterocycles. The Morgan fingerprint density at radius 2 is 1.81 bits per heavy atom. The van der Waals surface area contributed by atoms with E-state index in [-0.39, 0.29) is 0 Å². The second kappa shape index (κ2) is 7.76. The smallest absolute Gasteiger partial charge is 0.236 e. The molecule has 0 aliphatic carbocycles. The van der Waals surface area contributed by atoms with Gasteiger partial charge < -0.3 is 9.30 Å². The molecule has 0 aromatic carbocycles. The fourth-order valence-corrected chi connectivity index (χ4v) is 3.95. The van der Waals surface area contributed by atoms with Crippen LogP contribution >= 0.6 is 0 Å². The highest BCUT2D eigenvalue weighted by Crippen LogP contribution is 2.16. The van der Waals surface area contributed by atoms with Crippen molar-refractivity contribution in [3.05, 3.63) is 36.3 Å². The summed E-state index contributed by atoms with van der Waals surface area (Å²) in [6.45, 7) is 9.54. The summed E-state index contributed by atoms with van der Waals surface area (Å²) in [7, 11) is 0. The third-order valence-electron chi connectivity index (χ3n) is 5.76. The number of imidazole rings is 1. The molecular weight excluding hydrogens is 326 g/mol. The fourth-order valence-electron chi connectivity index (χ4n) is 3.95. The van der Waals surface area contributed by atoms with Crippen LogP contribution in [-0.4, -0.2) is 75.8 Å². The number of aromatic nitrogens is 2. The molecule has 6 nitrogen and oxygen atoms in total. The van der Waals surface area contributed by atoms with Crippen LogP contribution in [0, 0.1) is 5.92 Å². The number of fused-ring (bicyclic) bond motifs is 1. The van der Waals surface area contributed by atoms with E-state index in [0.717, 1.165) is 75.9 Å². The lowest BCUT2D eigenvalue weighted by molar-refractivity contribution is -0.134. The van der Waals surface area contributed by atoms with Crippen LogP contribution in [0.5, 0.6) is 0 Å². The van der Waals surface area contributed by atoms with Crippen molar-refractivity contribution in [2.45, 2.75) is 26.3 Å². The highest BCUT2D eigenvalue weighted by molar-refractivity contribution is 5.78. The number of amides is 1. The van der Waals surface area contributed by atoms with E-state index in [4.69, 9.17) is 0 Å². The van der Waals surface area contributed by atoms with Crippen molar-refractivity contribution in [2.24, 2.45) is 5.92 Å². The van der Waals surface area contributed by atoms with Crippen LogP contribution in [-0.2, 0) is 11.3 Å². The molecule has 2 aromatic heterocycles. The number of piperazine rings is 1. The minimum Gasteiger partial charge on any atom is -0.342 e. The van der Waals surface area contributed by atoms with Crippen LogP contribution in [0.15, 0.2) is 30.6 Å². The van der Waals surface area contributed by atoms with E-state index in [1.807, 2.05) is 24.4 Å². The third-order valence-corrected chi connectivity index (χ3v) is 5.76. The van der Waals surface area contributed by atoms with Gasteiger partial charge in [-0.15, -0.1) is 0 Å². The lowest BCUT2D eigenvalue weighted by Crippen LogP contribution is -2.50. The van der Waals surface area contributed by atoms with Crippen molar-refractivity contribution >= 4 is 11.6 Å². The zero-order chi connectivity index (χ0) is 17.9. The van der Waals surface area contributed by atoms with Gasteiger partial charge in [-0.2, -0.15) is 0 Å². The maximum Gasteiger partial charge on any atom is 0.236 e. The maximum absolute atomic E-state index is 12.5. The van der Waals surface area contributed by atoms with E-state index in [1.165, 1.54) is 0 Å². The van der Waals surface area contributed by atoms with E-state index in [9.17, 15) is 4.79 Å². The number of carbonyl (C=O) groups excluding carboxylic acids is 1. The molecule has 0 spiro atoms. The summed E-state index contributed by atoms with van der Waals surface area (Å²) in [4.78, 5) is 24.0. The Hall–Kier alpha value is -1.92. The van der Waals surface area contributed by atoms with Gasteiger partial charge in [-0.1, -0.05) is 13.0 Å². The fraction of sp³-hybridized carbons (Fsp3) is 0.600. The lowest BCUT2D eigenvalue weighted by atomic mass is 9.99. The molecule has 2 aliphatic heterocycles. The molecule has 0 atom stereocenters. The summed E-state index contributed by atoms with van der Waals surface area (Å²) in [5, 5.41) is 0. The van der Waals surface area contributed by atoms with Gasteiger partial charge in [0.25, 0.3) is 0 Å². The summed E-state index contributed by atoms with van der Waals surface area (Å²) in [6.07, 6.45) is 6.45. The largest absolute Gasteiger partial charge is 0.342 e. The molecule has 26 heavy (non-hydrogen) atoms. The predicted octanol–water partition coefficient (Wildman–Crippen LogP) is 1.71. The van der Waals surface area contributed by atoms with E-state index < -0.39 is 0 Å². The van der Waals surface area contributed by atoms with Crippen molar-refractivity contribution in [3.8, 4) is 0 Å². The number of likely N-dealkylation sites (tertiary alicyclic amines) is 1. The molecule has 2 aliphatic rings. The average Bonchev–Trinajstić information content (AvgIpc) is 3.06. The number of piperidine rings is 1. The number of nitrogens with zero attached hydrogens (tertiary/aromatic N) is 5. The summed E-state index contributed by atoms with van der Waals surface area (Å²) in [6, 6.07) is 6.08. The van der Waals surface area contributed by atoms with Crippen LogP contribution in [0.4, 0.5) is 0 Å². The van der Waals surface area contributed by atoms with E-state index in [0.29, 0.717) is 12.5 Å². The van der Waals surface area contributed by atoms with Crippen LogP contribution in [0.2, 0.25) is 0 Å². The Morgan fingerprint density at radius 3 is 2.54 bits per heavy atom. The van der Waals surface area contributed by atoms with Crippen LogP contribution in [0.3, 0.4) is 0 Å². The van der Waals surface area contributed by atoms with E-state index in [1.54, 1.807) is 0 Å². The van der Waals surface area contributed by atoms with Crippen LogP contribution < -0.4 is 0 Å². The quantitative estimate of drug-likeness (QED) is 0.838. The Kier molecular flexibility index (Phi) is 5.22. The van der Waals surface area contributed by atoms with Gasteiger partial charge in [0.2, 0.25) is 5.91 Å². The van der Waals surface area contributed by atoms with Gasteiger partial charge in [0.05, 0.1) is 12.2 Å². The molecule has 0 radical (unpaired) electrons. The van der Waals surface area contributed by atoms with Crippen molar-refractivity contribution in [1.82, 2.24) is 24.1 Å². The average molecular weight is 355 g/mol. The Balaban J connectivity index is 1.24. The molecular formula is C20H29N5O. The molecule has 0 saturated carbocycles. The first-order chi connectivity index (χ1) is 12.7. The Labute approximate surface area is 155 Å². The van der Waals surface area contributed by atoms with Gasteiger partial charge in [0.15, 0.2) is 0 Å². The minimum atomic E-state index is 0.311. The summed E-state index contributed by atoms with van der Waals surface area (Å²) < 4.78 is 2.07. The molecule has 6 heteroatoms. The zero-order valence-corrected chi connectivity index (χ0v) is 15.7. The van der Waals surface area contributed by atoms with Gasteiger partial charge >= 0.3 is 0 Å². The number of carbonyl (C=O) groups is 1. The van der Waals surface area contributed by atoms with Crippen LogP contribution in [0.1, 0.15) is 25.5 Å². The zero-order valence-electron chi connectivity index (χ0n) is 15.7. The molecule has 1 amide bonds. The number of rotatable bonds is 4. The SMILES string of the molecule is CC1CCN(C(=O)CN2CCN(Cc3cn4ccccc4n3)CC2)CC1. The first kappa shape index (κ1) is 17.5. The lowest BCUT2D eigenvalue weighted by Gasteiger charge is -2.36. The topological polar surface area (TPSA) is 44.1 Å². The first-order valence-electron chi connectivity index (χ1n) is 9.82. The first-order valence-corrected chi connectivity index (χ1v) is 9.82. The highest BCUT2D eigenvalue weighted by Gasteiger charge is 2.24. The second-order valence-corrected chi connectivity index (χ2v) is 7.81. The van der Waals surface area contributed by atoms with Gasteiger partial charge in [-0.05, 0) is 30.9 Å². The second-order valence-electron chi connectivity index (χ2n) is 7.81. The number of pyridine rings is 1. The summed E-state index contributed by atoms with van der Waals surface area (Å²) in [5.74, 6) is 1.08.